The van der Waals surface area contributed by atoms with Crippen LogP contribution in [0.2, 0.25) is 0 Å². The molecule has 2 amide bonds. The molecule has 3 aromatic rings. The Hall–Kier alpha value is -3.53. The molecule has 4 N–H and O–H groups in total. The van der Waals surface area contributed by atoms with Crippen LogP contribution >= 0.6 is 11.3 Å². The number of aromatic nitrogens is 3. The number of rotatable bonds is 8. The molecule has 0 atom stereocenters. The second-order valence-electron chi connectivity index (χ2n) is 8.14. The maximum atomic E-state index is 13.0. The van der Waals surface area contributed by atoms with Gasteiger partial charge in [0.25, 0.3) is 0 Å². The summed E-state index contributed by atoms with van der Waals surface area (Å²) in [5.74, 6) is -0.383. The molecule has 2 heterocycles. The Morgan fingerprint density at radius 1 is 1.18 bits per heavy atom. The number of aromatic amines is 1. The van der Waals surface area contributed by atoms with Crippen LogP contribution in [0.25, 0.3) is 0 Å². The molecular formula is C23H25N5O4S. The van der Waals surface area contributed by atoms with E-state index in [-0.39, 0.29) is 17.4 Å². The number of amides is 2. The number of aryl methyl sites for hydroxylation is 3. The number of hydrogen-bond acceptors (Lipinski definition) is 6. The van der Waals surface area contributed by atoms with Crippen molar-refractivity contribution in [3.05, 3.63) is 58.1 Å². The van der Waals surface area contributed by atoms with Gasteiger partial charge in [-0.25, -0.2) is 19.6 Å². The maximum Gasteiger partial charge on any atom is 0.356 e. The quantitative estimate of drug-likeness (QED) is 0.355. The third-order valence-electron chi connectivity index (χ3n) is 5.65. The molecule has 172 valence electrons. The highest BCUT2D eigenvalue weighted by Crippen LogP contribution is 2.31. The first-order chi connectivity index (χ1) is 15.9. The molecule has 0 unspecified atom stereocenters. The molecule has 0 spiro atoms. The van der Waals surface area contributed by atoms with Crippen LogP contribution < -0.4 is 10.6 Å². The number of carbonyl (C=O) groups is 3. The first-order valence-electron chi connectivity index (χ1n) is 10.8. The number of nitrogens with zero attached hydrogens (tertiary/aromatic N) is 2. The van der Waals surface area contributed by atoms with E-state index in [2.05, 4.69) is 25.6 Å². The lowest BCUT2D eigenvalue weighted by molar-refractivity contribution is 0.0690. The molecule has 33 heavy (non-hydrogen) atoms. The second kappa shape index (κ2) is 9.95. The van der Waals surface area contributed by atoms with Crippen molar-refractivity contribution in [1.29, 1.82) is 0 Å². The van der Waals surface area contributed by atoms with E-state index in [0.29, 0.717) is 35.0 Å². The van der Waals surface area contributed by atoms with Crippen molar-refractivity contribution in [2.45, 2.75) is 45.4 Å². The van der Waals surface area contributed by atoms with Gasteiger partial charge in [-0.3, -0.25) is 10.1 Å². The van der Waals surface area contributed by atoms with Crippen LogP contribution in [0.15, 0.2) is 30.6 Å². The van der Waals surface area contributed by atoms with Gasteiger partial charge in [0.05, 0.1) is 5.69 Å². The lowest BCUT2D eigenvalue weighted by Gasteiger charge is -2.14. The first-order valence-corrected chi connectivity index (χ1v) is 11.7. The van der Waals surface area contributed by atoms with E-state index in [1.54, 1.807) is 12.3 Å². The summed E-state index contributed by atoms with van der Waals surface area (Å²) in [4.78, 5) is 48.5. The number of nitrogens with one attached hydrogen (secondary N) is 3. The topological polar surface area (TPSA) is 137 Å². The van der Waals surface area contributed by atoms with Crippen molar-refractivity contribution in [3.8, 4) is 0 Å². The molecule has 1 fully saturated rings. The van der Waals surface area contributed by atoms with Crippen LogP contribution in [-0.4, -0.2) is 37.8 Å². The Morgan fingerprint density at radius 2 is 1.97 bits per heavy atom. The molecule has 0 aliphatic heterocycles. The van der Waals surface area contributed by atoms with Gasteiger partial charge in [-0.1, -0.05) is 24.5 Å². The molecule has 1 aromatic carbocycles. The summed E-state index contributed by atoms with van der Waals surface area (Å²) in [5.41, 5.74) is 2.00. The zero-order valence-corrected chi connectivity index (χ0v) is 19.0. The third kappa shape index (κ3) is 5.64. The minimum absolute atomic E-state index is 0.0183. The van der Waals surface area contributed by atoms with E-state index in [0.717, 1.165) is 36.1 Å². The number of aromatic carboxylic acids is 1. The number of ketones is 1. The summed E-state index contributed by atoms with van der Waals surface area (Å²) in [6.45, 7) is 1.93. The number of hydrogen-bond donors (Lipinski definition) is 4. The van der Waals surface area contributed by atoms with E-state index in [1.165, 1.54) is 17.5 Å². The zero-order valence-electron chi connectivity index (χ0n) is 18.2. The van der Waals surface area contributed by atoms with Gasteiger partial charge in [-0.05, 0) is 38.3 Å². The van der Waals surface area contributed by atoms with Crippen molar-refractivity contribution in [2.24, 2.45) is 5.92 Å². The van der Waals surface area contributed by atoms with Gasteiger partial charge in [0.1, 0.15) is 5.82 Å². The van der Waals surface area contributed by atoms with Crippen molar-refractivity contribution in [1.82, 2.24) is 15.0 Å². The summed E-state index contributed by atoms with van der Waals surface area (Å²) >= 11 is 1.33. The highest BCUT2D eigenvalue weighted by Gasteiger charge is 2.26. The number of anilines is 2. The standard InChI is InChI=1S/C23H25N5O4S/c1-13-6-8-17(16(10-13)20(29)14-4-2-3-5-14)27-22(32)28-23-25-11-15(33-23)7-9-19-24-12-18(26-19)21(30)31/h6,8,10-12,14H,2-5,7,9H2,1H3,(H,24,26)(H,30,31)(H2,25,27,28,32). The normalized spacial score (nSPS) is 13.7. The second-order valence-corrected chi connectivity index (χ2v) is 9.26. The number of carboxylic acid groups (broad SMARTS) is 1. The zero-order chi connectivity index (χ0) is 23.4. The fourth-order valence-electron chi connectivity index (χ4n) is 3.95. The first kappa shape index (κ1) is 22.7. The smallest absolute Gasteiger partial charge is 0.356 e. The average molecular weight is 468 g/mol. The van der Waals surface area contributed by atoms with Crippen molar-refractivity contribution < 1.29 is 19.5 Å². The number of Topliss-reactive ketones (excluding diaryl/α,β-unsaturated/α-hetero) is 1. The van der Waals surface area contributed by atoms with E-state index >= 15 is 0 Å². The summed E-state index contributed by atoms with van der Waals surface area (Å²) < 4.78 is 0. The number of carbonyl (C=O) groups excluding carboxylic acids is 2. The third-order valence-corrected chi connectivity index (χ3v) is 6.62. The average Bonchev–Trinajstić information content (AvgIpc) is 3.55. The summed E-state index contributed by atoms with van der Waals surface area (Å²) in [5, 5.41) is 14.9. The molecule has 4 rings (SSSR count). The summed E-state index contributed by atoms with van der Waals surface area (Å²) in [7, 11) is 0. The fourth-order valence-corrected chi connectivity index (χ4v) is 4.76. The number of thiazole rings is 1. The molecule has 1 saturated carbocycles. The van der Waals surface area contributed by atoms with Gasteiger partial charge in [0.15, 0.2) is 16.6 Å². The van der Waals surface area contributed by atoms with Gasteiger partial charge in [0.2, 0.25) is 0 Å². The largest absolute Gasteiger partial charge is 0.476 e. The highest BCUT2D eigenvalue weighted by molar-refractivity contribution is 7.15. The van der Waals surface area contributed by atoms with Crippen LogP contribution in [0.1, 0.15) is 62.8 Å². The molecule has 2 aromatic heterocycles. The van der Waals surface area contributed by atoms with Crippen molar-refractivity contribution in [2.75, 3.05) is 10.6 Å². The molecule has 1 aliphatic carbocycles. The number of carboxylic acids is 1. The van der Waals surface area contributed by atoms with Gasteiger partial charge in [-0.15, -0.1) is 11.3 Å². The summed E-state index contributed by atoms with van der Waals surface area (Å²) in [6, 6.07) is 5.01. The van der Waals surface area contributed by atoms with Gasteiger partial charge in [0, 0.05) is 35.2 Å². The minimum atomic E-state index is -1.07. The van der Waals surface area contributed by atoms with Crippen LogP contribution in [-0.2, 0) is 12.8 Å². The van der Waals surface area contributed by atoms with Gasteiger partial charge >= 0.3 is 12.0 Å². The van der Waals surface area contributed by atoms with Crippen molar-refractivity contribution in [3.63, 3.8) is 0 Å². The summed E-state index contributed by atoms with van der Waals surface area (Å²) in [6.07, 6.45) is 8.09. The fraction of sp³-hybridized carbons (Fsp3) is 0.348. The van der Waals surface area contributed by atoms with E-state index in [9.17, 15) is 14.4 Å². The van der Waals surface area contributed by atoms with Crippen LogP contribution in [0.4, 0.5) is 15.6 Å². The Morgan fingerprint density at radius 3 is 2.70 bits per heavy atom. The van der Waals surface area contributed by atoms with Crippen LogP contribution in [0, 0.1) is 12.8 Å². The molecule has 1 aliphatic rings. The predicted molar refractivity (Wildman–Crippen MR) is 125 cm³/mol. The Balaban J connectivity index is 1.36. The van der Waals surface area contributed by atoms with E-state index in [4.69, 9.17) is 5.11 Å². The monoisotopic (exact) mass is 467 g/mol. The SMILES string of the molecule is Cc1ccc(NC(=O)Nc2ncc(CCc3nc(C(=O)O)c[nH]3)s2)c(C(=O)C2CCCC2)c1. The number of urea groups is 1. The van der Waals surface area contributed by atoms with Crippen LogP contribution in [0.5, 0.6) is 0 Å². The molecular weight excluding hydrogens is 442 g/mol. The lowest BCUT2D eigenvalue weighted by Crippen LogP contribution is -2.22. The lowest BCUT2D eigenvalue weighted by atomic mass is 9.94. The molecule has 0 radical (unpaired) electrons. The number of benzene rings is 1. The molecule has 0 bridgehead atoms. The van der Waals surface area contributed by atoms with E-state index < -0.39 is 12.0 Å². The van der Waals surface area contributed by atoms with Crippen LogP contribution in [0.3, 0.4) is 0 Å². The molecule has 9 nitrogen and oxygen atoms in total. The Bertz CT molecular complexity index is 1180. The van der Waals surface area contributed by atoms with Crippen molar-refractivity contribution >= 4 is 39.9 Å². The van der Waals surface area contributed by atoms with Gasteiger partial charge in [-0.2, -0.15) is 0 Å². The maximum absolute atomic E-state index is 13.0. The Kier molecular flexibility index (Phi) is 6.83. The minimum Gasteiger partial charge on any atom is -0.476 e. The predicted octanol–water partition coefficient (Wildman–Crippen LogP) is 4.67. The molecule has 0 saturated heterocycles. The molecule has 10 heteroatoms. The highest BCUT2D eigenvalue weighted by atomic mass is 32.1. The number of imidazole rings is 1. The Labute approximate surface area is 194 Å². The van der Waals surface area contributed by atoms with E-state index in [1.807, 2.05) is 19.1 Å². The van der Waals surface area contributed by atoms with Gasteiger partial charge < -0.3 is 15.4 Å². The number of H-pyrrole nitrogens is 1.